The second-order valence-electron chi connectivity index (χ2n) is 7.42. The number of hydrogen-bond acceptors (Lipinski definition) is 4. The van der Waals surface area contributed by atoms with Gasteiger partial charge in [0.2, 0.25) is 0 Å². The number of aromatic amines is 1. The third-order valence-electron chi connectivity index (χ3n) is 5.35. The summed E-state index contributed by atoms with van der Waals surface area (Å²) < 4.78 is 5.86. The summed E-state index contributed by atoms with van der Waals surface area (Å²) in [6.07, 6.45) is 3.44. The summed E-state index contributed by atoms with van der Waals surface area (Å²) in [6.45, 7) is 2.87. The third kappa shape index (κ3) is 3.67. The van der Waals surface area contributed by atoms with Crippen LogP contribution in [0.1, 0.15) is 23.0 Å². The molecule has 32 heavy (non-hydrogen) atoms. The fourth-order valence-electron chi connectivity index (χ4n) is 3.88. The van der Waals surface area contributed by atoms with Crippen LogP contribution in [0.25, 0.3) is 33.1 Å². The van der Waals surface area contributed by atoms with Crippen LogP contribution in [-0.2, 0) is 6.54 Å². The standard InChI is InChI=1S/C26H22N4O2/c1-2-32-23-12-6-4-10-19(23)24-25-20(18-9-3-5-11-21(18)29-25)14-22(30-24)26(31)28-16-17-8-7-13-27-15-17/h3-15,29H,2,16H2,1H3,(H,28,31). The molecule has 1 amide bonds. The van der Waals surface area contributed by atoms with Gasteiger partial charge in [0.25, 0.3) is 5.91 Å². The van der Waals surface area contributed by atoms with Crippen molar-refractivity contribution in [1.82, 2.24) is 20.3 Å². The number of hydrogen-bond donors (Lipinski definition) is 2. The molecule has 3 heterocycles. The van der Waals surface area contributed by atoms with Gasteiger partial charge in [-0.1, -0.05) is 36.4 Å². The fourth-order valence-corrected chi connectivity index (χ4v) is 3.88. The molecule has 0 aliphatic heterocycles. The highest BCUT2D eigenvalue weighted by Gasteiger charge is 2.19. The Hall–Kier alpha value is -4.19. The van der Waals surface area contributed by atoms with Crippen molar-refractivity contribution in [3.05, 3.63) is 90.4 Å². The molecule has 0 aliphatic carbocycles. The molecule has 5 rings (SSSR count). The van der Waals surface area contributed by atoms with Gasteiger partial charge in [0.1, 0.15) is 11.4 Å². The predicted molar refractivity (Wildman–Crippen MR) is 126 cm³/mol. The summed E-state index contributed by atoms with van der Waals surface area (Å²) >= 11 is 0. The van der Waals surface area contributed by atoms with Gasteiger partial charge < -0.3 is 15.0 Å². The van der Waals surface area contributed by atoms with Crippen LogP contribution in [0.4, 0.5) is 0 Å². The normalized spacial score (nSPS) is 11.0. The lowest BCUT2D eigenvalue weighted by Gasteiger charge is -2.12. The highest BCUT2D eigenvalue weighted by Crippen LogP contribution is 2.36. The third-order valence-corrected chi connectivity index (χ3v) is 5.35. The monoisotopic (exact) mass is 422 g/mol. The first-order chi connectivity index (χ1) is 15.7. The molecule has 6 nitrogen and oxygen atoms in total. The second-order valence-corrected chi connectivity index (χ2v) is 7.42. The first-order valence-corrected chi connectivity index (χ1v) is 10.6. The van der Waals surface area contributed by atoms with Crippen LogP contribution in [0.15, 0.2) is 79.1 Å². The summed E-state index contributed by atoms with van der Waals surface area (Å²) in [7, 11) is 0. The molecule has 0 fully saturated rings. The van der Waals surface area contributed by atoms with Crippen molar-refractivity contribution in [3.63, 3.8) is 0 Å². The van der Waals surface area contributed by atoms with Crippen LogP contribution in [0.2, 0.25) is 0 Å². The van der Waals surface area contributed by atoms with Gasteiger partial charge in [-0.3, -0.25) is 9.78 Å². The molecule has 0 bridgehead atoms. The summed E-state index contributed by atoms with van der Waals surface area (Å²) in [5, 5.41) is 4.95. The lowest BCUT2D eigenvalue weighted by molar-refractivity contribution is 0.0946. The highest BCUT2D eigenvalue weighted by atomic mass is 16.5. The van der Waals surface area contributed by atoms with Crippen molar-refractivity contribution >= 4 is 27.7 Å². The first kappa shape index (κ1) is 19.8. The van der Waals surface area contributed by atoms with E-state index in [2.05, 4.69) is 15.3 Å². The number of amides is 1. The maximum Gasteiger partial charge on any atom is 0.270 e. The molecule has 0 saturated carbocycles. The minimum absolute atomic E-state index is 0.240. The molecule has 0 radical (unpaired) electrons. The molecular formula is C26H22N4O2. The van der Waals surface area contributed by atoms with Gasteiger partial charge in [-0.05, 0) is 42.8 Å². The molecule has 2 aromatic carbocycles. The molecule has 0 saturated heterocycles. The lowest BCUT2D eigenvalue weighted by Crippen LogP contribution is -2.24. The molecule has 3 aromatic heterocycles. The molecule has 0 atom stereocenters. The van der Waals surface area contributed by atoms with Crippen molar-refractivity contribution in [2.24, 2.45) is 0 Å². The maximum absolute atomic E-state index is 13.1. The quantitative estimate of drug-likeness (QED) is 0.399. The van der Waals surface area contributed by atoms with E-state index >= 15 is 0 Å². The van der Waals surface area contributed by atoms with E-state index in [1.165, 1.54) is 0 Å². The molecular weight excluding hydrogens is 400 g/mol. The van der Waals surface area contributed by atoms with E-state index in [1.807, 2.05) is 73.7 Å². The van der Waals surface area contributed by atoms with Gasteiger partial charge in [-0.15, -0.1) is 0 Å². The van der Waals surface area contributed by atoms with Gasteiger partial charge in [0.05, 0.1) is 17.8 Å². The van der Waals surface area contributed by atoms with E-state index in [9.17, 15) is 4.79 Å². The highest BCUT2D eigenvalue weighted by molar-refractivity contribution is 6.13. The molecule has 0 spiro atoms. The average molecular weight is 422 g/mol. The summed E-state index contributed by atoms with van der Waals surface area (Å²) in [4.78, 5) is 25.4. The number of carbonyl (C=O) groups excluding carboxylic acids is 1. The maximum atomic E-state index is 13.1. The number of benzene rings is 2. The van der Waals surface area contributed by atoms with E-state index in [0.29, 0.717) is 24.5 Å². The second kappa shape index (κ2) is 8.51. The minimum atomic E-state index is -0.240. The van der Waals surface area contributed by atoms with Gasteiger partial charge in [-0.2, -0.15) is 0 Å². The number of para-hydroxylation sites is 2. The van der Waals surface area contributed by atoms with Crippen LogP contribution >= 0.6 is 0 Å². The Bertz CT molecular complexity index is 1410. The van der Waals surface area contributed by atoms with Gasteiger partial charge >= 0.3 is 0 Å². The molecule has 5 aromatic rings. The zero-order chi connectivity index (χ0) is 21.9. The number of carbonyl (C=O) groups is 1. The number of pyridine rings is 2. The Balaban J connectivity index is 1.65. The SMILES string of the molecule is CCOc1ccccc1-c1nc(C(=O)NCc2cccnc2)cc2c1[nH]c1ccccc12. The van der Waals surface area contributed by atoms with Crippen LogP contribution < -0.4 is 10.1 Å². The molecule has 6 heteroatoms. The first-order valence-electron chi connectivity index (χ1n) is 10.6. The number of fused-ring (bicyclic) bond motifs is 3. The van der Waals surface area contributed by atoms with E-state index in [0.717, 1.165) is 38.7 Å². The number of H-pyrrole nitrogens is 1. The molecule has 158 valence electrons. The van der Waals surface area contributed by atoms with Crippen LogP contribution in [0.3, 0.4) is 0 Å². The Morgan fingerprint density at radius 2 is 1.88 bits per heavy atom. The van der Waals surface area contributed by atoms with Crippen LogP contribution in [0.5, 0.6) is 5.75 Å². The summed E-state index contributed by atoms with van der Waals surface area (Å²) in [5.74, 6) is 0.492. The Morgan fingerprint density at radius 1 is 1.03 bits per heavy atom. The Kier molecular flexibility index (Phi) is 5.25. The average Bonchev–Trinajstić information content (AvgIpc) is 3.22. The molecule has 2 N–H and O–H groups in total. The predicted octanol–water partition coefficient (Wildman–Crippen LogP) is 5.11. The van der Waals surface area contributed by atoms with Crippen molar-refractivity contribution in [2.45, 2.75) is 13.5 Å². The van der Waals surface area contributed by atoms with Crippen LogP contribution in [0, 0.1) is 0 Å². The van der Waals surface area contributed by atoms with Crippen molar-refractivity contribution in [3.8, 4) is 17.0 Å². The number of ether oxygens (including phenoxy) is 1. The number of nitrogens with one attached hydrogen (secondary N) is 2. The van der Waals surface area contributed by atoms with Gasteiger partial charge in [0.15, 0.2) is 0 Å². The number of nitrogens with zero attached hydrogens (tertiary/aromatic N) is 2. The number of rotatable bonds is 6. The number of aromatic nitrogens is 3. The van der Waals surface area contributed by atoms with Crippen molar-refractivity contribution in [2.75, 3.05) is 6.61 Å². The summed E-state index contributed by atoms with van der Waals surface area (Å²) in [5.41, 5.74) is 4.68. The summed E-state index contributed by atoms with van der Waals surface area (Å²) in [6, 6.07) is 21.4. The fraction of sp³-hybridized carbons (Fsp3) is 0.115. The van der Waals surface area contributed by atoms with Gasteiger partial charge in [0, 0.05) is 40.8 Å². The van der Waals surface area contributed by atoms with Crippen molar-refractivity contribution < 1.29 is 9.53 Å². The minimum Gasteiger partial charge on any atom is -0.493 e. The van der Waals surface area contributed by atoms with E-state index in [1.54, 1.807) is 12.4 Å². The van der Waals surface area contributed by atoms with Crippen molar-refractivity contribution in [1.29, 1.82) is 0 Å². The van der Waals surface area contributed by atoms with Gasteiger partial charge in [-0.25, -0.2) is 4.98 Å². The Labute approximate surface area is 185 Å². The lowest BCUT2D eigenvalue weighted by atomic mass is 10.1. The Morgan fingerprint density at radius 3 is 2.72 bits per heavy atom. The molecule has 0 unspecified atom stereocenters. The zero-order valence-corrected chi connectivity index (χ0v) is 17.6. The van der Waals surface area contributed by atoms with Crippen LogP contribution in [-0.4, -0.2) is 27.5 Å². The van der Waals surface area contributed by atoms with E-state index < -0.39 is 0 Å². The van der Waals surface area contributed by atoms with E-state index in [4.69, 9.17) is 9.72 Å². The smallest absolute Gasteiger partial charge is 0.270 e. The zero-order valence-electron chi connectivity index (χ0n) is 17.6. The largest absolute Gasteiger partial charge is 0.493 e. The van der Waals surface area contributed by atoms with E-state index in [-0.39, 0.29) is 5.91 Å². The molecule has 0 aliphatic rings. The topological polar surface area (TPSA) is 79.9 Å².